The zero-order valence-corrected chi connectivity index (χ0v) is 11.8. The molecule has 0 aliphatic heterocycles. The molecule has 6 heteroatoms. The average Bonchev–Trinajstić information content (AvgIpc) is 2.75. The summed E-state index contributed by atoms with van der Waals surface area (Å²) >= 11 is 1.61. The van der Waals surface area contributed by atoms with Gasteiger partial charge in [-0.3, -0.25) is 0 Å². The molecule has 2 rings (SSSR count). The Morgan fingerprint density at radius 1 is 1.17 bits per heavy atom. The van der Waals surface area contributed by atoms with Gasteiger partial charge < -0.3 is 5.11 Å². The Morgan fingerprint density at radius 3 is 2.67 bits per heavy atom. The van der Waals surface area contributed by atoms with Gasteiger partial charge in [-0.2, -0.15) is 4.98 Å². The molecule has 18 heavy (non-hydrogen) atoms. The molecule has 0 saturated heterocycles. The maximum atomic E-state index is 8.72. The molecule has 0 unspecified atom stereocenters. The fourth-order valence-corrected chi connectivity index (χ4v) is 2.49. The van der Waals surface area contributed by atoms with Gasteiger partial charge in [0.2, 0.25) is 5.16 Å². The average molecular weight is 266 g/mol. The summed E-state index contributed by atoms with van der Waals surface area (Å²) in [7, 11) is 0. The number of hydrogen-bond donors (Lipinski definition) is 1. The molecule has 98 valence electrons. The molecule has 2 heterocycles. The van der Waals surface area contributed by atoms with E-state index in [1.165, 1.54) is 0 Å². The lowest BCUT2D eigenvalue weighted by atomic mass is 10.2. The zero-order chi connectivity index (χ0) is 13.1. The third kappa shape index (κ3) is 2.64. The maximum Gasteiger partial charge on any atom is 0.253 e. The predicted molar refractivity (Wildman–Crippen MR) is 72.0 cm³/mol. The molecule has 0 atom stereocenters. The molecule has 0 aliphatic carbocycles. The summed E-state index contributed by atoms with van der Waals surface area (Å²) in [5.74, 6) is 1.59. The highest BCUT2D eigenvalue weighted by molar-refractivity contribution is 7.99. The van der Waals surface area contributed by atoms with Crippen LogP contribution in [0.5, 0.6) is 0 Å². The first-order valence-electron chi connectivity index (χ1n) is 6.07. The van der Waals surface area contributed by atoms with Gasteiger partial charge in [-0.1, -0.05) is 11.8 Å². The molecular formula is C12H18N4OS. The van der Waals surface area contributed by atoms with E-state index in [0.717, 1.165) is 40.7 Å². The lowest BCUT2D eigenvalue weighted by Crippen LogP contribution is -2.02. The van der Waals surface area contributed by atoms with E-state index in [0.29, 0.717) is 5.78 Å². The Kier molecular flexibility index (Phi) is 4.19. The summed E-state index contributed by atoms with van der Waals surface area (Å²) in [4.78, 5) is 8.85. The van der Waals surface area contributed by atoms with Crippen LogP contribution < -0.4 is 0 Å². The summed E-state index contributed by atoms with van der Waals surface area (Å²) < 4.78 is 1.80. The van der Waals surface area contributed by atoms with Crippen LogP contribution in [0, 0.1) is 20.8 Å². The number of aliphatic hydroxyl groups excluding tert-OH is 1. The van der Waals surface area contributed by atoms with Crippen molar-refractivity contribution in [3.8, 4) is 0 Å². The number of aryl methyl sites for hydroxylation is 2. The zero-order valence-electron chi connectivity index (χ0n) is 11.0. The van der Waals surface area contributed by atoms with Crippen molar-refractivity contribution < 1.29 is 5.11 Å². The topological polar surface area (TPSA) is 63.3 Å². The summed E-state index contributed by atoms with van der Waals surface area (Å²) in [6.45, 7) is 6.32. The number of fused-ring (bicyclic) bond motifs is 1. The van der Waals surface area contributed by atoms with Crippen molar-refractivity contribution in [1.29, 1.82) is 0 Å². The lowest BCUT2D eigenvalue weighted by molar-refractivity contribution is 0.287. The Morgan fingerprint density at radius 2 is 1.94 bits per heavy atom. The number of rotatable bonds is 5. The second-order valence-electron chi connectivity index (χ2n) is 4.29. The molecule has 5 nitrogen and oxygen atoms in total. The van der Waals surface area contributed by atoms with Crippen molar-refractivity contribution in [3.05, 3.63) is 17.0 Å². The van der Waals surface area contributed by atoms with Crippen LogP contribution in [-0.2, 0) is 0 Å². The number of thioether (sulfide) groups is 1. The van der Waals surface area contributed by atoms with Crippen molar-refractivity contribution >= 4 is 17.5 Å². The lowest BCUT2D eigenvalue weighted by Gasteiger charge is -2.04. The van der Waals surface area contributed by atoms with Crippen molar-refractivity contribution in [3.63, 3.8) is 0 Å². The first-order valence-corrected chi connectivity index (χ1v) is 7.06. The van der Waals surface area contributed by atoms with Gasteiger partial charge in [0.25, 0.3) is 5.78 Å². The van der Waals surface area contributed by atoms with Crippen LogP contribution in [0.25, 0.3) is 5.78 Å². The molecule has 0 saturated carbocycles. The van der Waals surface area contributed by atoms with Gasteiger partial charge in [-0.25, -0.2) is 9.50 Å². The van der Waals surface area contributed by atoms with Crippen LogP contribution >= 0.6 is 11.8 Å². The Bertz CT molecular complexity index is 552. The molecule has 0 fully saturated rings. The van der Waals surface area contributed by atoms with E-state index in [9.17, 15) is 0 Å². The molecule has 0 amide bonds. The number of nitrogens with zero attached hydrogens (tertiary/aromatic N) is 4. The van der Waals surface area contributed by atoms with Crippen molar-refractivity contribution in [2.45, 2.75) is 38.8 Å². The molecule has 2 aromatic rings. The van der Waals surface area contributed by atoms with Crippen LogP contribution in [0.1, 0.15) is 29.8 Å². The van der Waals surface area contributed by atoms with E-state index in [1.54, 1.807) is 16.3 Å². The minimum Gasteiger partial charge on any atom is -0.396 e. The normalized spacial score (nSPS) is 11.3. The smallest absolute Gasteiger partial charge is 0.253 e. The largest absolute Gasteiger partial charge is 0.396 e. The van der Waals surface area contributed by atoms with E-state index in [1.807, 2.05) is 20.8 Å². The molecule has 0 aromatic carbocycles. The van der Waals surface area contributed by atoms with Gasteiger partial charge in [0.15, 0.2) is 0 Å². The van der Waals surface area contributed by atoms with Gasteiger partial charge in [0.05, 0.1) is 0 Å². The van der Waals surface area contributed by atoms with E-state index >= 15 is 0 Å². The maximum absolute atomic E-state index is 8.72. The first kappa shape index (κ1) is 13.3. The quantitative estimate of drug-likeness (QED) is 0.661. The monoisotopic (exact) mass is 266 g/mol. The van der Waals surface area contributed by atoms with Crippen molar-refractivity contribution in [1.82, 2.24) is 19.6 Å². The SMILES string of the molecule is Cc1nc2nc(SCCCCO)nn2c(C)c1C. The van der Waals surface area contributed by atoms with Gasteiger partial charge in [0.1, 0.15) is 0 Å². The second kappa shape index (κ2) is 5.67. The Hall–Kier alpha value is -1.14. The molecule has 1 N–H and O–H groups in total. The highest BCUT2D eigenvalue weighted by Crippen LogP contribution is 2.18. The molecule has 0 spiro atoms. The van der Waals surface area contributed by atoms with Crippen LogP contribution in [0.15, 0.2) is 5.16 Å². The fraction of sp³-hybridized carbons (Fsp3) is 0.583. The van der Waals surface area contributed by atoms with Gasteiger partial charge in [0, 0.05) is 23.7 Å². The van der Waals surface area contributed by atoms with Gasteiger partial charge >= 0.3 is 0 Å². The number of unbranched alkanes of at least 4 members (excludes halogenated alkanes) is 1. The molecule has 0 radical (unpaired) electrons. The van der Waals surface area contributed by atoms with Crippen LogP contribution in [0.2, 0.25) is 0 Å². The minimum atomic E-state index is 0.248. The predicted octanol–water partition coefficient (Wildman–Crippen LogP) is 1.91. The second-order valence-corrected chi connectivity index (χ2v) is 5.36. The minimum absolute atomic E-state index is 0.248. The summed E-state index contributed by atoms with van der Waals surface area (Å²) in [6.07, 6.45) is 1.80. The van der Waals surface area contributed by atoms with Crippen molar-refractivity contribution in [2.24, 2.45) is 0 Å². The van der Waals surface area contributed by atoms with Crippen LogP contribution in [0.3, 0.4) is 0 Å². The van der Waals surface area contributed by atoms with Crippen LogP contribution in [-0.4, -0.2) is 37.0 Å². The van der Waals surface area contributed by atoms with E-state index in [-0.39, 0.29) is 6.61 Å². The van der Waals surface area contributed by atoms with Gasteiger partial charge in [-0.05, 0) is 39.2 Å². The first-order chi connectivity index (χ1) is 8.63. The van der Waals surface area contributed by atoms with E-state index < -0.39 is 0 Å². The summed E-state index contributed by atoms with van der Waals surface area (Å²) in [6, 6.07) is 0. The number of aromatic nitrogens is 4. The Balaban J connectivity index is 2.20. The van der Waals surface area contributed by atoms with E-state index in [2.05, 4.69) is 15.1 Å². The molecule has 0 aliphatic rings. The summed E-state index contributed by atoms with van der Waals surface area (Å²) in [5.41, 5.74) is 3.25. The van der Waals surface area contributed by atoms with E-state index in [4.69, 9.17) is 5.11 Å². The summed E-state index contributed by atoms with van der Waals surface area (Å²) in [5, 5.41) is 13.9. The third-order valence-corrected chi connectivity index (χ3v) is 3.95. The highest BCUT2D eigenvalue weighted by Gasteiger charge is 2.10. The third-order valence-electron chi connectivity index (χ3n) is 3.03. The number of hydrogen-bond acceptors (Lipinski definition) is 5. The molecule has 0 bridgehead atoms. The fourth-order valence-electron chi connectivity index (χ4n) is 1.68. The highest BCUT2D eigenvalue weighted by atomic mass is 32.2. The van der Waals surface area contributed by atoms with Crippen LogP contribution in [0.4, 0.5) is 0 Å². The molecule has 2 aromatic heterocycles. The number of aliphatic hydroxyl groups is 1. The Labute approximate surface area is 111 Å². The standard InChI is InChI=1S/C12H18N4OS/c1-8-9(2)13-11-14-12(15-16(11)10(8)3)18-7-5-4-6-17/h17H,4-7H2,1-3H3. The van der Waals surface area contributed by atoms with Crippen molar-refractivity contribution in [2.75, 3.05) is 12.4 Å². The molecular weight excluding hydrogens is 248 g/mol. The van der Waals surface area contributed by atoms with Gasteiger partial charge in [-0.15, -0.1) is 5.10 Å².